The van der Waals surface area contributed by atoms with Gasteiger partial charge in [0.1, 0.15) is 12.0 Å². The summed E-state index contributed by atoms with van der Waals surface area (Å²) in [7, 11) is 2.91. The number of Topliss-reactive ketones (excluding diaryl/α,β-unsaturated/α-hetero) is 1. The number of ether oxygens (including phenoxy) is 3. The Labute approximate surface area is 182 Å². The molecule has 1 aromatic carbocycles. The van der Waals surface area contributed by atoms with Crippen molar-refractivity contribution in [2.75, 3.05) is 14.2 Å². The molecular formula is C24H29NO6. The average molecular weight is 427 g/mol. The van der Waals surface area contributed by atoms with E-state index in [1.807, 2.05) is 6.92 Å². The van der Waals surface area contributed by atoms with Gasteiger partial charge in [0.25, 0.3) is 0 Å². The highest BCUT2D eigenvalue weighted by Gasteiger charge is 2.44. The maximum absolute atomic E-state index is 13.4. The standard InChI is InChI=1S/C24H29NO6/c1-13-20(24(28)31-15-7-4-5-8-15)21(22-16(25-13)9-6-10-17(22)26)14-11-18(29-2)23(27)19(12-14)30-3/h11-12,15,20-21,27H,4-10H2,1-3H3/t20?,21-/m0/s1. The Morgan fingerprint density at radius 2 is 1.71 bits per heavy atom. The maximum atomic E-state index is 13.4. The van der Waals surface area contributed by atoms with Crippen LogP contribution in [0.3, 0.4) is 0 Å². The monoisotopic (exact) mass is 427 g/mol. The summed E-state index contributed by atoms with van der Waals surface area (Å²) in [5.74, 6) is -1.28. The molecule has 1 saturated carbocycles. The second-order valence-electron chi connectivity index (χ2n) is 8.46. The number of rotatable bonds is 5. The fourth-order valence-electron chi connectivity index (χ4n) is 5.01. The van der Waals surface area contributed by atoms with E-state index >= 15 is 0 Å². The second kappa shape index (κ2) is 8.73. The zero-order valence-corrected chi connectivity index (χ0v) is 18.3. The summed E-state index contributed by atoms with van der Waals surface area (Å²) in [6.07, 6.45) is 5.65. The largest absolute Gasteiger partial charge is 0.502 e. The zero-order chi connectivity index (χ0) is 22.1. The molecule has 1 fully saturated rings. The van der Waals surface area contributed by atoms with Gasteiger partial charge in [-0.15, -0.1) is 0 Å². The highest BCUT2D eigenvalue weighted by atomic mass is 16.5. The van der Waals surface area contributed by atoms with E-state index in [1.165, 1.54) is 14.2 Å². The quantitative estimate of drug-likeness (QED) is 0.712. The number of phenolic OH excluding ortho intramolecular Hbond substituents is 1. The summed E-state index contributed by atoms with van der Waals surface area (Å²) in [5, 5.41) is 10.4. The second-order valence-corrected chi connectivity index (χ2v) is 8.46. The molecule has 1 heterocycles. The molecule has 0 saturated heterocycles. The van der Waals surface area contributed by atoms with E-state index in [-0.39, 0.29) is 35.1 Å². The number of nitrogens with zero attached hydrogens (tertiary/aromatic N) is 1. The van der Waals surface area contributed by atoms with E-state index in [0.717, 1.165) is 37.8 Å². The van der Waals surface area contributed by atoms with Crippen molar-refractivity contribution in [3.8, 4) is 17.2 Å². The Kier molecular flexibility index (Phi) is 6.03. The number of ketones is 1. The fraction of sp³-hybridized carbons (Fsp3) is 0.542. The summed E-state index contributed by atoms with van der Waals surface area (Å²) in [6, 6.07) is 3.34. The molecule has 2 aliphatic carbocycles. The Morgan fingerprint density at radius 3 is 2.32 bits per heavy atom. The molecule has 3 aliphatic rings. The molecule has 0 spiro atoms. The Hall–Kier alpha value is -2.83. The number of methoxy groups -OCH3 is 2. The van der Waals surface area contributed by atoms with Crippen molar-refractivity contribution < 1.29 is 28.9 Å². The van der Waals surface area contributed by atoms with Crippen LogP contribution in [0.4, 0.5) is 0 Å². The van der Waals surface area contributed by atoms with Gasteiger partial charge in [-0.25, -0.2) is 0 Å². The summed E-state index contributed by atoms with van der Waals surface area (Å²) in [4.78, 5) is 31.0. The molecule has 4 rings (SSSR count). The molecule has 1 N–H and O–H groups in total. The molecule has 1 aromatic rings. The Balaban J connectivity index is 1.83. The number of phenols is 1. The van der Waals surface area contributed by atoms with Crippen LogP contribution in [0.2, 0.25) is 0 Å². The predicted octanol–water partition coefficient (Wildman–Crippen LogP) is 4.08. The first-order valence-corrected chi connectivity index (χ1v) is 10.9. The average Bonchev–Trinajstić information content (AvgIpc) is 3.26. The predicted molar refractivity (Wildman–Crippen MR) is 115 cm³/mol. The van der Waals surface area contributed by atoms with Gasteiger partial charge in [-0.05, 0) is 63.1 Å². The van der Waals surface area contributed by atoms with Crippen LogP contribution in [0.1, 0.15) is 63.4 Å². The van der Waals surface area contributed by atoms with E-state index in [4.69, 9.17) is 14.2 Å². The van der Waals surface area contributed by atoms with Gasteiger partial charge < -0.3 is 19.3 Å². The van der Waals surface area contributed by atoms with E-state index < -0.39 is 11.8 Å². The van der Waals surface area contributed by atoms with Crippen molar-refractivity contribution in [3.63, 3.8) is 0 Å². The molecule has 0 aromatic heterocycles. The van der Waals surface area contributed by atoms with Crippen molar-refractivity contribution in [2.45, 2.75) is 63.9 Å². The summed E-state index contributed by atoms with van der Waals surface area (Å²) in [6.45, 7) is 1.82. The number of hydrogen-bond donors (Lipinski definition) is 1. The number of benzene rings is 1. The van der Waals surface area contributed by atoms with Gasteiger partial charge in [0, 0.05) is 29.3 Å². The molecular weight excluding hydrogens is 398 g/mol. The molecule has 1 unspecified atom stereocenters. The van der Waals surface area contributed by atoms with Crippen molar-refractivity contribution in [2.24, 2.45) is 10.9 Å². The lowest BCUT2D eigenvalue weighted by molar-refractivity contribution is -0.151. The van der Waals surface area contributed by atoms with E-state index in [9.17, 15) is 14.7 Å². The van der Waals surface area contributed by atoms with Gasteiger partial charge in [0.2, 0.25) is 5.75 Å². The van der Waals surface area contributed by atoms with Crippen LogP contribution >= 0.6 is 0 Å². The van der Waals surface area contributed by atoms with Gasteiger partial charge in [-0.2, -0.15) is 0 Å². The van der Waals surface area contributed by atoms with Crippen molar-refractivity contribution in [3.05, 3.63) is 29.0 Å². The van der Waals surface area contributed by atoms with E-state index in [1.54, 1.807) is 12.1 Å². The van der Waals surface area contributed by atoms with Crippen molar-refractivity contribution in [1.82, 2.24) is 0 Å². The number of allylic oxidation sites excluding steroid dienone is 2. The minimum atomic E-state index is -0.708. The summed E-state index contributed by atoms with van der Waals surface area (Å²) >= 11 is 0. The molecule has 0 radical (unpaired) electrons. The molecule has 1 aliphatic heterocycles. The molecule has 31 heavy (non-hydrogen) atoms. The molecule has 7 heteroatoms. The molecule has 0 bridgehead atoms. The first-order valence-electron chi connectivity index (χ1n) is 10.9. The first kappa shape index (κ1) is 21.4. The molecule has 2 atom stereocenters. The van der Waals surface area contributed by atoms with Gasteiger partial charge in [0.15, 0.2) is 17.3 Å². The molecule has 0 amide bonds. The maximum Gasteiger partial charge on any atom is 0.315 e. The number of carbonyl (C=O) groups excluding carboxylic acids is 2. The minimum absolute atomic E-state index is 0.00664. The van der Waals surface area contributed by atoms with E-state index in [2.05, 4.69) is 4.99 Å². The minimum Gasteiger partial charge on any atom is -0.502 e. The van der Waals surface area contributed by atoms with Gasteiger partial charge in [0.05, 0.1) is 14.2 Å². The van der Waals surface area contributed by atoms with Crippen LogP contribution in [0.5, 0.6) is 17.2 Å². The molecule has 7 nitrogen and oxygen atoms in total. The zero-order valence-electron chi connectivity index (χ0n) is 18.3. The van der Waals surface area contributed by atoms with Crippen molar-refractivity contribution in [1.29, 1.82) is 0 Å². The molecule has 166 valence electrons. The highest BCUT2D eigenvalue weighted by Crippen LogP contribution is 2.47. The van der Waals surface area contributed by atoms with Crippen LogP contribution in [0.25, 0.3) is 0 Å². The lowest BCUT2D eigenvalue weighted by atomic mass is 9.71. The Bertz CT molecular complexity index is 932. The van der Waals surface area contributed by atoms with Crippen LogP contribution in [-0.2, 0) is 14.3 Å². The fourth-order valence-corrected chi connectivity index (χ4v) is 5.01. The lowest BCUT2D eigenvalue weighted by Crippen LogP contribution is -2.38. The highest BCUT2D eigenvalue weighted by molar-refractivity contribution is 6.08. The van der Waals surface area contributed by atoms with Crippen molar-refractivity contribution >= 4 is 17.5 Å². The normalized spacial score (nSPS) is 24.0. The van der Waals surface area contributed by atoms with E-state index in [0.29, 0.717) is 29.7 Å². The third-order valence-corrected chi connectivity index (χ3v) is 6.53. The summed E-state index contributed by atoms with van der Waals surface area (Å²) < 4.78 is 16.5. The topological polar surface area (TPSA) is 94.4 Å². The third-order valence-electron chi connectivity index (χ3n) is 6.53. The van der Waals surface area contributed by atoms with Crippen LogP contribution in [0, 0.1) is 5.92 Å². The Morgan fingerprint density at radius 1 is 1.06 bits per heavy atom. The number of carbonyl (C=O) groups is 2. The SMILES string of the molecule is COc1cc([C@@H]2C3=C(CCCC3=O)N=C(C)C2C(=O)OC2CCCC2)cc(OC)c1O. The first-order chi connectivity index (χ1) is 14.9. The number of hydrogen-bond acceptors (Lipinski definition) is 7. The van der Waals surface area contributed by atoms with Gasteiger partial charge in [-0.3, -0.25) is 14.6 Å². The smallest absolute Gasteiger partial charge is 0.315 e. The van der Waals surface area contributed by atoms with Gasteiger partial charge >= 0.3 is 5.97 Å². The van der Waals surface area contributed by atoms with Crippen LogP contribution in [0.15, 0.2) is 28.4 Å². The summed E-state index contributed by atoms with van der Waals surface area (Å²) in [5.41, 5.74) is 2.62. The van der Waals surface area contributed by atoms with Crippen LogP contribution < -0.4 is 9.47 Å². The number of esters is 1. The lowest BCUT2D eigenvalue weighted by Gasteiger charge is -2.35. The van der Waals surface area contributed by atoms with Crippen LogP contribution in [-0.4, -0.2) is 42.9 Å². The van der Waals surface area contributed by atoms with Gasteiger partial charge in [-0.1, -0.05) is 0 Å². The third kappa shape index (κ3) is 3.93. The number of aromatic hydroxyl groups is 1. The number of aliphatic imine (C=N–C) groups is 1.